The molecule has 0 aliphatic carbocycles. The molecule has 4 nitrogen and oxygen atoms in total. The fraction of sp³-hybridized carbons (Fsp3) is 0.778. The Balaban J connectivity index is 4.21. The first-order valence-electron chi connectivity index (χ1n) is 6.02. The van der Waals surface area contributed by atoms with Gasteiger partial charge in [0, 0.05) is 0 Å². The number of halogens is 16. The third-order valence-corrected chi connectivity index (χ3v) is 3.28. The molecule has 0 amide bonds. The summed E-state index contributed by atoms with van der Waals surface area (Å²) in [6.07, 6.45) is 0. The van der Waals surface area contributed by atoms with Crippen LogP contribution in [0.5, 0.6) is 0 Å². The summed E-state index contributed by atoms with van der Waals surface area (Å²) in [4.78, 5) is 11.1. The largest absolute Gasteiger partial charge is 0.404 e. The molecule has 170 valence electrons. The summed E-state index contributed by atoms with van der Waals surface area (Å²) in [6, 6.07) is -56.9. The van der Waals surface area contributed by atoms with Gasteiger partial charge in [-0.25, -0.2) is 0 Å². The van der Waals surface area contributed by atoms with Crippen LogP contribution >= 0.6 is 0 Å². The summed E-state index contributed by atoms with van der Waals surface area (Å²) >= 11 is 0. The number of rotatable bonds is 4. The Morgan fingerprint density at radius 1 is 0.517 bits per heavy atom. The Labute approximate surface area is 145 Å². The third kappa shape index (κ3) is 2.85. The number of nitrogens with zero attached hydrogens (tertiary/aromatic N) is 2. The van der Waals surface area contributed by atoms with Crippen LogP contribution in [0.4, 0.5) is 70.2 Å². The molecule has 1 saturated heterocycles. The molecule has 1 aliphatic heterocycles. The van der Waals surface area contributed by atoms with Crippen molar-refractivity contribution in [3.8, 4) is 0 Å². The van der Waals surface area contributed by atoms with Crippen LogP contribution in [-0.2, 0) is 9.59 Å². The second kappa shape index (κ2) is 6.08. The third-order valence-electron chi connectivity index (χ3n) is 3.28. The van der Waals surface area contributed by atoms with Crippen molar-refractivity contribution < 1.29 is 79.8 Å². The van der Waals surface area contributed by atoms with Crippen LogP contribution in [0.1, 0.15) is 0 Å². The molecule has 1 aliphatic rings. The number of hydrogen-bond acceptors (Lipinski definition) is 4. The van der Waals surface area contributed by atoms with E-state index in [4.69, 9.17) is 0 Å². The van der Waals surface area contributed by atoms with Gasteiger partial charge in [0.05, 0.1) is 0 Å². The van der Waals surface area contributed by atoms with Crippen LogP contribution in [0, 0.1) is 0 Å². The van der Waals surface area contributed by atoms with Gasteiger partial charge in [-0.15, -0.1) is 0 Å². The molecule has 0 radical (unpaired) electrons. The molecule has 0 unspecified atom stereocenters. The Bertz CT molecular complexity index is 659. The van der Waals surface area contributed by atoms with Gasteiger partial charge < -0.3 is 0 Å². The zero-order valence-electron chi connectivity index (χ0n) is 12.3. The number of carbonyl (C=O) groups is 2. The molecule has 20 heteroatoms. The van der Waals surface area contributed by atoms with Crippen LogP contribution in [0.3, 0.4) is 0 Å². The number of hydrogen-bond donors (Lipinski definition) is 0. The van der Waals surface area contributed by atoms with Crippen LogP contribution < -0.4 is 0 Å². The van der Waals surface area contributed by atoms with Crippen molar-refractivity contribution in [3.63, 3.8) is 0 Å². The average Bonchev–Trinajstić information content (AvgIpc) is 2.44. The second-order valence-electron chi connectivity index (χ2n) is 5.04. The summed E-state index contributed by atoms with van der Waals surface area (Å²) in [7, 11) is 0. The standard InChI is InChI=1S/C9F16N2O2/c10-1(28)3(12,13)26-6(18,19)5(16,17)7(20,21)27(4(14,15)2(11)29)9(24,25)8(26,22)23. The molecule has 29 heavy (non-hydrogen) atoms. The Morgan fingerprint density at radius 3 is 0.897 bits per heavy atom. The number of alkyl halides is 14. The van der Waals surface area contributed by atoms with Crippen molar-refractivity contribution in [2.24, 2.45) is 0 Å². The van der Waals surface area contributed by atoms with Crippen molar-refractivity contribution in [2.75, 3.05) is 0 Å². The fourth-order valence-electron chi connectivity index (χ4n) is 1.96. The Kier molecular flexibility index (Phi) is 5.28. The molecule has 1 fully saturated rings. The van der Waals surface area contributed by atoms with E-state index in [1.54, 1.807) is 0 Å². The lowest BCUT2D eigenvalue weighted by molar-refractivity contribution is -0.441. The maximum Gasteiger partial charge on any atom is 0.404 e. The van der Waals surface area contributed by atoms with Gasteiger partial charge in [-0.2, -0.15) is 70.2 Å². The van der Waals surface area contributed by atoms with Gasteiger partial charge in [0.25, 0.3) is 0 Å². The molecule has 0 aromatic heterocycles. The normalized spacial score (nSPS) is 26.6. The highest BCUT2D eigenvalue weighted by atomic mass is 19.4. The summed E-state index contributed by atoms with van der Waals surface area (Å²) in [5.74, 6) is -8.18. The summed E-state index contributed by atoms with van der Waals surface area (Å²) in [5.41, 5.74) is 0. The van der Waals surface area contributed by atoms with Gasteiger partial charge in [-0.3, -0.25) is 9.59 Å². The minimum Gasteiger partial charge on any atom is -0.252 e. The van der Waals surface area contributed by atoms with Crippen molar-refractivity contribution in [1.29, 1.82) is 0 Å². The quantitative estimate of drug-likeness (QED) is 0.355. The minimum atomic E-state index is -8.18. The van der Waals surface area contributed by atoms with Gasteiger partial charge in [0.2, 0.25) is 0 Å². The molecular weight excluding hydrogens is 472 g/mol. The highest BCUT2D eigenvalue weighted by molar-refractivity contribution is 5.76. The lowest BCUT2D eigenvalue weighted by atomic mass is 10.2. The average molecular weight is 472 g/mol. The van der Waals surface area contributed by atoms with Gasteiger partial charge in [0.15, 0.2) is 0 Å². The lowest BCUT2D eigenvalue weighted by Gasteiger charge is -2.41. The lowest BCUT2D eigenvalue weighted by Crippen LogP contribution is -2.72. The maximum atomic E-state index is 13.6. The highest BCUT2D eigenvalue weighted by Gasteiger charge is 2.94. The van der Waals surface area contributed by atoms with Crippen LogP contribution in [-0.4, -0.2) is 64.1 Å². The van der Waals surface area contributed by atoms with Gasteiger partial charge in [-0.1, -0.05) is 9.80 Å². The van der Waals surface area contributed by atoms with E-state index in [0.717, 1.165) is 0 Å². The van der Waals surface area contributed by atoms with Crippen molar-refractivity contribution >= 4 is 12.1 Å². The monoisotopic (exact) mass is 472 g/mol. The van der Waals surface area contributed by atoms with E-state index in [1.165, 1.54) is 0 Å². The van der Waals surface area contributed by atoms with Crippen molar-refractivity contribution in [2.45, 2.75) is 42.2 Å². The molecule has 1 heterocycles. The van der Waals surface area contributed by atoms with Crippen molar-refractivity contribution in [3.05, 3.63) is 0 Å². The first-order valence-corrected chi connectivity index (χ1v) is 6.02. The SMILES string of the molecule is O=C(F)C(F)(F)N1C(F)(F)C(F)(F)N(C(F)(F)C(=O)F)C(F)(F)C(F)(F)C1(F)F. The summed E-state index contributed by atoms with van der Waals surface area (Å²) in [6.45, 7) is 0. The predicted octanol–water partition coefficient (Wildman–Crippen LogP) is 3.79. The van der Waals surface area contributed by atoms with Gasteiger partial charge in [0.1, 0.15) is 0 Å². The van der Waals surface area contributed by atoms with Crippen LogP contribution in [0.25, 0.3) is 0 Å². The Hall–Kier alpha value is -1.86. The number of carbonyl (C=O) groups excluding carboxylic acids is 2. The first-order chi connectivity index (χ1) is 12.4. The molecule has 0 N–H and O–H groups in total. The molecule has 0 bridgehead atoms. The fourth-order valence-corrected chi connectivity index (χ4v) is 1.96. The van der Waals surface area contributed by atoms with Gasteiger partial charge in [-0.05, 0) is 0 Å². The van der Waals surface area contributed by atoms with Crippen molar-refractivity contribution in [1.82, 2.24) is 9.80 Å². The van der Waals surface area contributed by atoms with E-state index in [-0.39, 0.29) is 0 Å². The molecule has 1 rings (SSSR count). The molecule has 0 spiro atoms. The molecule has 0 aromatic rings. The highest BCUT2D eigenvalue weighted by Crippen LogP contribution is 2.63. The molecule has 0 atom stereocenters. The smallest absolute Gasteiger partial charge is 0.252 e. The zero-order chi connectivity index (χ0) is 23.8. The molecule has 0 aromatic carbocycles. The van der Waals surface area contributed by atoms with E-state index >= 15 is 0 Å². The van der Waals surface area contributed by atoms with E-state index in [1.807, 2.05) is 0 Å². The Morgan fingerprint density at radius 2 is 0.724 bits per heavy atom. The van der Waals surface area contributed by atoms with Crippen LogP contribution in [0.15, 0.2) is 0 Å². The van der Waals surface area contributed by atoms with E-state index < -0.39 is 64.1 Å². The first kappa shape index (κ1) is 25.2. The zero-order valence-corrected chi connectivity index (χ0v) is 12.3. The van der Waals surface area contributed by atoms with Crippen LogP contribution in [0.2, 0.25) is 0 Å². The predicted molar refractivity (Wildman–Crippen MR) is 50.5 cm³/mol. The second-order valence-corrected chi connectivity index (χ2v) is 5.04. The summed E-state index contributed by atoms with van der Waals surface area (Å²) < 4.78 is 212. The van der Waals surface area contributed by atoms with E-state index in [9.17, 15) is 79.8 Å². The summed E-state index contributed by atoms with van der Waals surface area (Å²) in [5, 5.41) is 0. The van der Waals surface area contributed by atoms with E-state index in [2.05, 4.69) is 0 Å². The maximum absolute atomic E-state index is 13.6. The topological polar surface area (TPSA) is 40.6 Å². The molecular formula is C9F16N2O2. The molecule has 0 saturated carbocycles. The minimum absolute atomic E-state index is 4.37. The van der Waals surface area contributed by atoms with E-state index in [0.29, 0.717) is 0 Å². The van der Waals surface area contributed by atoms with Gasteiger partial charge >= 0.3 is 54.3 Å².